The molecule has 0 spiro atoms. The first-order valence-electron chi connectivity index (χ1n) is 22.5. The molecule has 2 unspecified atom stereocenters. The number of anilines is 2. The third-order valence-electron chi connectivity index (χ3n) is 11.2. The first kappa shape index (κ1) is 61.8. The third kappa shape index (κ3) is 23.2. The minimum atomic E-state index is -3.10. The van der Waals surface area contributed by atoms with Gasteiger partial charge in [-0.25, -0.2) is 4.79 Å². The number of nitrogens with zero attached hydrogens (tertiary/aromatic N) is 3. The molecule has 0 bridgehead atoms. The minimum absolute atomic E-state index is 0.0417. The number of hydrogen-bond acceptors (Lipinski definition) is 17. The van der Waals surface area contributed by atoms with Crippen LogP contribution in [0, 0.1) is 0 Å². The second-order valence-corrected chi connectivity index (χ2v) is 20.6. The Bertz CT molecular complexity index is 2280. The minimum Gasteiger partial charge on any atom is -0.480 e. The van der Waals surface area contributed by atoms with Gasteiger partial charge in [0.1, 0.15) is 12.6 Å². The van der Waals surface area contributed by atoms with Gasteiger partial charge >= 0.3 is 172 Å². The molecule has 1 aliphatic rings. The van der Waals surface area contributed by atoms with Gasteiger partial charge in [0.2, 0.25) is 0 Å². The molecule has 3 rings (SSSR count). The van der Waals surface area contributed by atoms with Gasteiger partial charge in [-0.3, -0.25) is 48.3 Å². The molecule has 74 heavy (non-hydrogen) atoms. The third-order valence-corrected chi connectivity index (χ3v) is 14.0. The first-order chi connectivity index (χ1) is 34.9. The van der Waals surface area contributed by atoms with Crippen LogP contribution in [0.5, 0.6) is 0 Å². The molecule has 1 saturated carbocycles. The summed E-state index contributed by atoms with van der Waals surface area (Å²) in [5.41, 5.74) is 1.18. The van der Waals surface area contributed by atoms with E-state index in [1.165, 1.54) is 46.2 Å². The van der Waals surface area contributed by atoms with Crippen LogP contribution in [-0.2, 0) is 54.4 Å². The van der Waals surface area contributed by atoms with E-state index in [0.717, 1.165) is 16.7 Å². The van der Waals surface area contributed by atoms with Gasteiger partial charge in [-0.2, -0.15) is 0 Å². The number of thioether (sulfide) groups is 1. The Morgan fingerprint density at radius 2 is 1.15 bits per heavy atom. The normalized spacial score (nSPS) is 15.6. The van der Waals surface area contributed by atoms with Gasteiger partial charge in [0.05, 0.1) is 32.7 Å². The summed E-state index contributed by atoms with van der Waals surface area (Å²) >= 11 is 3.17. The van der Waals surface area contributed by atoms with Crippen molar-refractivity contribution >= 4 is 120 Å². The number of hydrogen-bond donors (Lipinski definition) is 14. The Morgan fingerprint density at radius 1 is 0.635 bits per heavy atom. The molecular weight excluding hydrogens is 1080 g/mol. The Labute approximate surface area is 437 Å². The number of nitrogens with one attached hydrogen (secondary N) is 5. The van der Waals surface area contributed by atoms with Crippen LogP contribution in [0.15, 0.2) is 48.5 Å². The van der Waals surface area contributed by atoms with E-state index in [1.54, 1.807) is 12.1 Å². The van der Waals surface area contributed by atoms with E-state index in [4.69, 9.17) is 17.3 Å². The van der Waals surface area contributed by atoms with Crippen molar-refractivity contribution < 1.29 is 91.9 Å². The number of carbonyl (C=O) groups is 10. The zero-order chi connectivity index (χ0) is 55.1. The molecule has 0 aromatic heterocycles. The summed E-state index contributed by atoms with van der Waals surface area (Å²) in [6.07, 6.45) is 0.967. The van der Waals surface area contributed by atoms with Crippen molar-refractivity contribution in [2.45, 2.75) is 75.2 Å². The summed E-state index contributed by atoms with van der Waals surface area (Å²) in [5, 5.41) is 80.1. The summed E-state index contributed by atoms with van der Waals surface area (Å²) in [5.74, 6) is -12.0. The van der Waals surface area contributed by atoms with Crippen LogP contribution in [0.25, 0.3) is 0 Å². The number of aliphatic carboxylic acids is 7. The quantitative estimate of drug-likeness (QED) is 0.0259. The van der Waals surface area contributed by atoms with Crippen molar-refractivity contribution in [2.24, 2.45) is 0 Å². The maximum absolute atomic E-state index is 13.0. The molecule has 2 aromatic rings. The first-order valence-corrected chi connectivity index (χ1v) is 26.7. The molecule has 0 aliphatic heterocycles. The van der Waals surface area contributed by atoms with Gasteiger partial charge in [-0.15, -0.1) is 0 Å². The van der Waals surface area contributed by atoms with Gasteiger partial charge in [0.25, 0.3) is 0 Å². The number of carbonyl (C=O) groups excluding carboxylic acids is 3. The molecule has 14 N–H and O–H groups in total. The van der Waals surface area contributed by atoms with Gasteiger partial charge in [0, 0.05) is 36.8 Å². The van der Waals surface area contributed by atoms with Crippen LogP contribution >= 0.6 is 24.0 Å². The average Bonchev–Trinajstić information content (AvgIpc) is 3.30. The fourth-order valence-electron chi connectivity index (χ4n) is 8.05. The van der Waals surface area contributed by atoms with Crippen LogP contribution in [0.2, 0.25) is 0 Å². The number of thiocarbonyl (C=S) groups is 1. The smallest absolute Gasteiger partial charge is 0.480 e. The van der Waals surface area contributed by atoms with Crippen LogP contribution in [0.3, 0.4) is 0 Å². The van der Waals surface area contributed by atoms with Crippen molar-refractivity contribution in [3.8, 4) is 0 Å². The Morgan fingerprint density at radius 3 is 1.66 bits per heavy atom. The molecule has 30 heteroatoms. The van der Waals surface area contributed by atoms with E-state index < -0.39 is 151 Å². The van der Waals surface area contributed by atoms with Gasteiger partial charge in [0.15, 0.2) is 5.11 Å². The molecule has 5 atom stereocenters. The molecule has 406 valence electrons. The van der Waals surface area contributed by atoms with Crippen molar-refractivity contribution in [1.82, 2.24) is 30.7 Å². The van der Waals surface area contributed by atoms with Crippen LogP contribution in [0.1, 0.15) is 44.1 Å². The number of carboxylic acid groups (broad SMARTS) is 7. The van der Waals surface area contributed by atoms with Crippen molar-refractivity contribution in [3.63, 3.8) is 0 Å². The molecule has 0 heterocycles. The van der Waals surface area contributed by atoms with Crippen LogP contribution in [0.4, 0.5) is 11.4 Å². The monoisotopic (exact) mass is 1140 g/mol. The second-order valence-electron chi connectivity index (χ2n) is 16.8. The zero-order valence-corrected chi connectivity index (χ0v) is 43.0. The Hall–Kier alpha value is -6.46. The molecular formula is C44H59AsN8O19S2. The van der Waals surface area contributed by atoms with Crippen molar-refractivity contribution in [2.75, 3.05) is 68.0 Å². The summed E-state index contributed by atoms with van der Waals surface area (Å²) in [7, 11) is 0. The van der Waals surface area contributed by atoms with E-state index >= 15 is 0 Å². The summed E-state index contributed by atoms with van der Waals surface area (Å²) in [6.45, 7) is -4.45. The number of benzene rings is 2. The topological polar surface area (TPSA) is 423 Å². The van der Waals surface area contributed by atoms with E-state index in [1.807, 2.05) is 0 Å². The average molecular weight is 1140 g/mol. The Kier molecular flexibility index (Phi) is 26.2. The standard InChI is InChI=1S/C44H59AsN8O19S2/c54-34(49-31(42(68)46-16-36(56)57)23-74-24-35(55)47-27-11-7-26(8-12-27)45(71)72)14-13-30(43(69)70)50-44(73)48-28-9-5-25(6-10-28)15-29(51(18-37(58)59)19-38(60)61)17-52(20-39(62)63)32-3-1-2-4-33(32)53(21-40(64)65)22-41(66)67/h5-12,29-33,71-72H,1-4,13-24H2,(H,46,68)(H,47,55)(H,49,54)(H,56,57)(H,58,59)(H,60,61)(H,62,63)(H,64,65)(H,66,67)(H,69,70)(H2,48,50,73)/t29-,30+,31?,32?,33+/m1/s1. The van der Waals surface area contributed by atoms with E-state index in [9.17, 15) is 86.8 Å². The maximum atomic E-state index is 13.0. The molecule has 1 aliphatic carbocycles. The van der Waals surface area contributed by atoms with E-state index in [-0.39, 0.29) is 36.0 Å². The second kappa shape index (κ2) is 31.3. The van der Waals surface area contributed by atoms with E-state index in [0.29, 0.717) is 47.0 Å². The molecule has 27 nitrogen and oxygen atoms in total. The molecule has 0 radical (unpaired) electrons. The number of amides is 3. The van der Waals surface area contributed by atoms with Crippen molar-refractivity contribution in [1.29, 1.82) is 0 Å². The predicted octanol–water partition coefficient (Wildman–Crippen LogP) is -2.50. The zero-order valence-electron chi connectivity index (χ0n) is 39.5. The fraction of sp³-hybridized carbons (Fsp3) is 0.477. The van der Waals surface area contributed by atoms with Crippen LogP contribution in [-0.4, -0.2) is 226 Å². The fourth-order valence-corrected chi connectivity index (χ4v) is 10.0. The molecule has 3 amide bonds. The van der Waals surface area contributed by atoms with Crippen molar-refractivity contribution in [3.05, 3.63) is 54.1 Å². The number of rotatable bonds is 33. The SMILES string of the molecule is O=C(O)CNC(=O)C(CSCC(=O)Nc1ccc([As](O)O)cc1)NC(=O)CC[C@H](NC(=S)Nc1ccc(C[C@H](CN(CC(=O)O)C2CCCC[C@@H]2N(CC(=O)O)CC(=O)O)N(CC(=O)O)CC(=O)O)cc1)C(=O)O. The number of carboxylic acids is 7. The van der Waals surface area contributed by atoms with Gasteiger partial charge in [-0.1, -0.05) is 25.0 Å². The molecule has 1 fully saturated rings. The summed E-state index contributed by atoms with van der Waals surface area (Å²) in [4.78, 5) is 126. The molecule has 0 saturated heterocycles. The predicted molar refractivity (Wildman–Crippen MR) is 268 cm³/mol. The molecule has 2 aromatic carbocycles. The summed E-state index contributed by atoms with van der Waals surface area (Å²) in [6, 6.07) is 6.79. The van der Waals surface area contributed by atoms with Gasteiger partial charge < -0.3 is 46.4 Å². The van der Waals surface area contributed by atoms with Crippen LogP contribution < -0.4 is 30.9 Å². The summed E-state index contributed by atoms with van der Waals surface area (Å²) < 4.78 is 19.1. The van der Waals surface area contributed by atoms with Gasteiger partial charge in [-0.05, 0) is 55.6 Å². The van der Waals surface area contributed by atoms with E-state index in [2.05, 4.69) is 26.6 Å². The Balaban J connectivity index is 1.71.